The Balaban J connectivity index is 2.27. The van der Waals surface area contributed by atoms with Crippen LogP contribution >= 0.6 is 0 Å². The van der Waals surface area contributed by atoms with Crippen molar-refractivity contribution in [1.29, 1.82) is 0 Å². The largest absolute Gasteiger partial charge is 0.443 e. The lowest BCUT2D eigenvalue weighted by Crippen LogP contribution is -2.27. The number of carbonyl (C=O) groups is 1. The molecule has 0 aliphatic heterocycles. The number of nitrogens with one attached hydrogen (secondary N) is 1. The zero-order chi connectivity index (χ0) is 17.5. The van der Waals surface area contributed by atoms with Crippen LogP contribution in [0.1, 0.15) is 26.3 Å². The maximum Gasteiger partial charge on any atom is 0.419 e. The van der Waals surface area contributed by atoms with Gasteiger partial charge in [-0.05, 0) is 51.5 Å². The van der Waals surface area contributed by atoms with Crippen LogP contribution in [0, 0.1) is 6.92 Å². The fourth-order valence-corrected chi connectivity index (χ4v) is 2.61. The summed E-state index contributed by atoms with van der Waals surface area (Å²) in [6.45, 7) is 7.44. The van der Waals surface area contributed by atoms with Crippen molar-refractivity contribution in [3.63, 3.8) is 0 Å². The van der Waals surface area contributed by atoms with Crippen molar-refractivity contribution in [3.8, 4) is 11.4 Å². The Morgan fingerprint density at radius 2 is 1.88 bits per heavy atom. The molecule has 2 heterocycles. The van der Waals surface area contributed by atoms with Gasteiger partial charge in [0, 0.05) is 11.5 Å². The molecule has 0 atom stereocenters. The van der Waals surface area contributed by atoms with Gasteiger partial charge >= 0.3 is 6.09 Å². The van der Waals surface area contributed by atoms with Crippen LogP contribution in [0.15, 0.2) is 47.3 Å². The molecule has 24 heavy (non-hydrogen) atoms. The first kappa shape index (κ1) is 16.1. The lowest BCUT2D eigenvalue weighted by molar-refractivity contribution is 0.0547. The highest BCUT2D eigenvalue weighted by Gasteiger charge is 2.23. The van der Waals surface area contributed by atoms with Crippen molar-refractivity contribution in [2.75, 3.05) is 0 Å². The molecule has 0 radical (unpaired) electrons. The Bertz CT molecular complexity index is 974. The molecule has 0 saturated heterocycles. The molecular weight excluding hydrogens is 304 g/mol. The second-order valence-corrected chi connectivity index (χ2v) is 6.84. The van der Waals surface area contributed by atoms with E-state index in [1.807, 2.05) is 52.0 Å². The summed E-state index contributed by atoms with van der Waals surface area (Å²) in [4.78, 5) is 27.2. The van der Waals surface area contributed by atoms with E-state index in [9.17, 15) is 9.59 Å². The molecule has 3 rings (SSSR count). The maximum atomic E-state index is 12.8. The number of hydrogen-bond donors (Lipinski definition) is 1. The number of pyridine rings is 1. The number of H-pyrrole nitrogens is 1. The number of rotatable bonds is 1. The van der Waals surface area contributed by atoms with Gasteiger partial charge in [0.2, 0.25) is 5.56 Å². The summed E-state index contributed by atoms with van der Waals surface area (Å²) in [5.41, 5.74) is 2.13. The van der Waals surface area contributed by atoms with Crippen LogP contribution in [0.3, 0.4) is 0 Å². The van der Waals surface area contributed by atoms with Crippen LogP contribution in [-0.2, 0) is 4.74 Å². The summed E-state index contributed by atoms with van der Waals surface area (Å²) in [6.07, 6.45) is -0.470. The number of hydrogen-bond acceptors (Lipinski definition) is 3. The molecule has 0 unspecified atom stereocenters. The summed E-state index contributed by atoms with van der Waals surface area (Å²) in [5.74, 6) is 0. The molecule has 0 saturated carbocycles. The number of benzene rings is 1. The van der Waals surface area contributed by atoms with Gasteiger partial charge in [0.1, 0.15) is 5.60 Å². The molecule has 124 valence electrons. The average molecular weight is 324 g/mol. The fourth-order valence-electron chi connectivity index (χ4n) is 2.61. The van der Waals surface area contributed by atoms with Gasteiger partial charge in [-0.1, -0.05) is 18.2 Å². The molecule has 3 aromatic rings. The molecule has 0 amide bonds. The highest BCUT2D eigenvalue weighted by atomic mass is 16.6. The van der Waals surface area contributed by atoms with Gasteiger partial charge in [-0.2, -0.15) is 0 Å². The number of aromatic nitrogens is 2. The van der Waals surface area contributed by atoms with Gasteiger partial charge < -0.3 is 9.72 Å². The van der Waals surface area contributed by atoms with Gasteiger partial charge in [-0.15, -0.1) is 0 Å². The van der Waals surface area contributed by atoms with Crippen molar-refractivity contribution in [1.82, 2.24) is 9.55 Å². The Kier molecular flexibility index (Phi) is 3.79. The summed E-state index contributed by atoms with van der Waals surface area (Å²) in [7, 11) is 0. The van der Waals surface area contributed by atoms with E-state index < -0.39 is 11.7 Å². The summed E-state index contributed by atoms with van der Waals surface area (Å²) in [6, 6.07) is 12.6. The summed E-state index contributed by atoms with van der Waals surface area (Å²) in [5, 5.41) is 0.908. The molecule has 1 N–H and O–H groups in total. The lowest BCUT2D eigenvalue weighted by Gasteiger charge is -2.21. The van der Waals surface area contributed by atoms with Gasteiger partial charge in [0.05, 0.1) is 16.9 Å². The normalized spacial score (nSPS) is 11.7. The number of aromatic amines is 1. The molecule has 2 aromatic heterocycles. The van der Waals surface area contributed by atoms with E-state index in [4.69, 9.17) is 4.74 Å². The third-order valence-electron chi connectivity index (χ3n) is 3.58. The minimum absolute atomic E-state index is 0.218. The summed E-state index contributed by atoms with van der Waals surface area (Å²) < 4.78 is 7.07. The van der Waals surface area contributed by atoms with Crippen LogP contribution in [0.4, 0.5) is 4.79 Å². The highest BCUT2D eigenvalue weighted by Crippen LogP contribution is 2.28. The minimum Gasteiger partial charge on any atom is -0.443 e. The van der Waals surface area contributed by atoms with E-state index in [0.29, 0.717) is 11.4 Å². The predicted molar refractivity (Wildman–Crippen MR) is 94.4 cm³/mol. The third kappa shape index (κ3) is 3.11. The molecule has 0 spiro atoms. The van der Waals surface area contributed by atoms with Gasteiger partial charge in [0.25, 0.3) is 0 Å². The SMILES string of the molecule is Cc1ccc2cc(-c3cccc(=O)[nH]3)n(C(=O)OC(C)(C)C)c2c1. The first-order valence-corrected chi connectivity index (χ1v) is 7.80. The second-order valence-electron chi connectivity index (χ2n) is 6.84. The fraction of sp³-hybridized carbons (Fsp3) is 0.263. The first-order chi connectivity index (χ1) is 11.2. The monoisotopic (exact) mass is 324 g/mol. The van der Waals surface area contributed by atoms with Crippen molar-refractivity contribution in [2.24, 2.45) is 0 Å². The topological polar surface area (TPSA) is 64.1 Å². The molecule has 0 aliphatic rings. The van der Waals surface area contributed by atoms with E-state index in [1.54, 1.807) is 12.1 Å². The van der Waals surface area contributed by atoms with Crippen LogP contribution in [0.25, 0.3) is 22.3 Å². The maximum absolute atomic E-state index is 12.8. The standard InChI is InChI=1S/C19H20N2O3/c1-12-8-9-13-11-16(14-6-5-7-17(22)20-14)21(15(13)10-12)18(23)24-19(2,3)4/h5-11H,1-4H3,(H,20,22). The number of ether oxygens (including phenoxy) is 1. The molecule has 0 fully saturated rings. The van der Waals surface area contributed by atoms with Crippen molar-refractivity contribution >= 4 is 17.0 Å². The zero-order valence-electron chi connectivity index (χ0n) is 14.2. The Morgan fingerprint density at radius 3 is 2.54 bits per heavy atom. The smallest absolute Gasteiger partial charge is 0.419 e. The zero-order valence-corrected chi connectivity index (χ0v) is 14.2. The van der Waals surface area contributed by atoms with Crippen LogP contribution in [-0.4, -0.2) is 21.2 Å². The van der Waals surface area contributed by atoms with E-state index >= 15 is 0 Å². The predicted octanol–water partition coefficient (Wildman–Crippen LogP) is 4.09. The van der Waals surface area contributed by atoms with E-state index in [2.05, 4.69) is 4.98 Å². The number of aryl methyl sites for hydroxylation is 1. The Hall–Kier alpha value is -2.82. The number of nitrogens with zero attached hydrogens (tertiary/aromatic N) is 1. The Morgan fingerprint density at radius 1 is 1.12 bits per heavy atom. The van der Waals surface area contributed by atoms with Gasteiger partial charge in [0.15, 0.2) is 0 Å². The van der Waals surface area contributed by atoms with Crippen molar-refractivity contribution < 1.29 is 9.53 Å². The van der Waals surface area contributed by atoms with Gasteiger partial charge in [-0.3, -0.25) is 4.79 Å². The first-order valence-electron chi connectivity index (χ1n) is 7.80. The van der Waals surface area contributed by atoms with Gasteiger partial charge in [-0.25, -0.2) is 9.36 Å². The molecule has 1 aromatic carbocycles. The molecule has 0 bridgehead atoms. The lowest BCUT2D eigenvalue weighted by atomic mass is 10.2. The Labute approximate surface area is 139 Å². The van der Waals surface area contributed by atoms with Crippen molar-refractivity contribution in [2.45, 2.75) is 33.3 Å². The minimum atomic E-state index is -0.612. The van der Waals surface area contributed by atoms with Crippen molar-refractivity contribution in [3.05, 3.63) is 58.4 Å². The third-order valence-corrected chi connectivity index (χ3v) is 3.58. The molecule has 5 heteroatoms. The van der Waals surface area contributed by atoms with Crippen LogP contribution in [0.5, 0.6) is 0 Å². The summed E-state index contributed by atoms with van der Waals surface area (Å²) >= 11 is 0. The number of fused-ring (bicyclic) bond motifs is 1. The van der Waals surface area contributed by atoms with E-state index in [1.165, 1.54) is 10.6 Å². The second kappa shape index (κ2) is 5.67. The van der Waals surface area contributed by atoms with E-state index in [0.717, 1.165) is 16.5 Å². The molecule has 5 nitrogen and oxygen atoms in total. The molecular formula is C19H20N2O3. The van der Waals surface area contributed by atoms with Crippen LogP contribution < -0.4 is 5.56 Å². The highest BCUT2D eigenvalue weighted by molar-refractivity contribution is 5.96. The average Bonchev–Trinajstić information content (AvgIpc) is 2.84. The molecule has 0 aliphatic carbocycles. The quantitative estimate of drug-likeness (QED) is 0.733. The number of carbonyl (C=O) groups excluding carboxylic acids is 1. The van der Waals surface area contributed by atoms with Crippen LogP contribution in [0.2, 0.25) is 0 Å². The van der Waals surface area contributed by atoms with E-state index in [-0.39, 0.29) is 5.56 Å².